The van der Waals surface area contributed by atoms with E-state index in [9.17, 15) is 4.79 Å². The summed E-state index contributed by atoms with van der Waals surface area (Å²) in [6.45, 7) is 3.91. The van der Waals surface area contributed by atoms with Crippen LogP contribution in [0.4, 0.5) is 0 Å². The number of rotatable bonds is 5. The second-order valence-electron chi connectivity index (χ2n) is 5.84. The minimum Gasteiger partial charge on any atom is -0.441 e. The molecule has 0 atom stereocenters. The molecule has 0 unspecified atom stereocenters. The van der Waals surface area contributed by atoms with E-state index in [-0.39, 0.29) is 12.4 Å². The molecule has 5 heteroatoms. The molecule has 128 valence electrons. The molecular formula is C20H18ClNO3. The normalized spacial score (nSPS) is 10.7. The van der Waals surface area contributed by atoms with Crippen molar-refractivity contribution in [2.24, 2.45) is 0 Å². The van der Waals surface area contributed by atoms with Gasteiger partial charge in [-0.3, -0.25) is 4.79 Å². The van der Waals surface area contributed by atoms with E-state index in [1.54, 1.807) is 12.3 Å². The van der Waals surface area contributed by atoms with E-state index >= 15 is 0 Å². The molecule has 0 N–H and O–H groups in total. The van der Waals surface area contributed by atoms with Crippen LogP contribution in [-0.4, -0.2) is 11.0 Å². The van der Waals surface area contributed by atoms with Gasteiger partial charge in [0.15, 0.2) is 11.7 Å². The minimum absolute atomic E-state index is 0.190. The van der Waals surface area contributed by atoms with Gasteiger partial charge >= 0.3 is 5.97 Å². The maximum atomic E-state index is 12.0. The maximum absolute atomic E-state index is 12.0. The molecule has 0 radical (unpaired) electrons. The van der Waals surface area contributed by atoms with Gasteiger partial charge in [0.1, 0.15) is 5.75 Å². The number of esters is 1. The quantitative estimate of drug-likeness (QED) is 0.469. The number of oxazole rings is 1. The monoisotopic (exact) mass is 355 g/mol. The average molecular weight is 356 g/mol. The van der Waals surface area contributed by atoms with Crippen LogP contribution >= 0.6 is 11.6 Å². The van der Waals surface area contributed by atoms with Gasteiger partial charge in [0, 0.05) is 12.0 Å². The number of benzene rings is 2. The summed E-state index contributed by atoms with van der Waals surface area (Å²) >= 11 is 6.15. The molecule has 0 bridgehead atoms. The lowest BCUT2D eigenvalue weighted by Gasteiger charge is -2.07. The molecule has 0 fully saturated rings. The third-order valence-corrected chi connectivity index (χ3v) is 4.12. The van der Waals surface area contributed by atoms with Gasteiger partial charge in [-0.2, -0.15) is 0 Å². The highest BCUT2D eigenvalue weighted by atomic mass is 35.5. The fourth-order valence-corrected chi connectivity index (χ4v) is 2.74. The zero-order valence-corrected chi connectivity index (χ0v) is 14.8. The van der Waals surface area contributed by atoms with Gasteiger partial charge in [-0.25, -0.2) is 4.98 Å². The van der Waals surface area contributed by atoms with Crippen molar-refractivity contribution in [2.45, 2.75) is 26.7 Å². The lowest BCUT2D eigenvalue weighted by molar-refractivity contribution is -0.134. The summed E-state index contributed by atoms with van der Waals surface area (Å²) < 4.78 is 11.1. The van der Waals surface area contributed by atoms with E-state index in [4.69, 9.17) is 20.8 Å². The zero-order valence-electron chi connectivity index (χ0n) is 14.1. The predicted molar refractivity (Wildman–Crippen MR) is 96.8 cm³/mol. The molecule has 0 spiro atoms. The molecule has 0 amide bonds. The van der Waals surface area contributed by atoms with E-state index < -0.39 is 0 Å². The van der Waals surface area contributed by atoms with Crippen molar-refractivity contribution in [1.29, 1.82) is 0 Å². The van der Waals surface area contributed by atoms with Crippen LogP contribution in [0.2, 0.25) is 5.02 Å². The molecule has 2 aromatic carbocycles. The first-order chi connectivity index (χ1) is 12.0. The topological polar surface area (TPSA) is 52.3 Å². The summed E-state index contributed by atoms with van der Waals surface area (Å²) in [6.07, 6.45) is 2.18. The second-order valence-corrected chi connectivity index (χ2v) is 6.25. The van der Waals surface area contributed by atoms with Crippen LogP contribution in [0.5, 0.6) is 5.75 Å². The zero-order chi connectivity index (χ0) is 17.8. The summed E-state index contributed by atoms with van der Waals surface area (Å²) in [4.78, 5) is 16.2. The van der Waals surface area contributed by atoms with Gasteiger partial charge in [-0.1, -0.05) is 41.4 Å². The fourth-order valence-electron chi connectivity index (χ4n) is 2.51. The Morgan fingerprint density at radius 1 is 1.20 bits per heavy atom. The van der Waals surface area contributed by atoms with Crippen molar-refractivity contribution < 1.29 is 13.9 Å². The van der Waals surface area contributed by atoms with Crippen molar-refractivity contribution in [3.63, 3.8) is 0 Å². The molecule has 1 heterocycles. The van der Waals surface area contributed by atoms with Crippen LogP contribution in [0.25, 0.3) is 11.3 Å². The van der Waals surface area contributed by atoms with Gasteiger partial charge in [0.05, 0.1) is 17.6 Å². The molecule has 0 aliphatic heterocycles. The van der Waals surface area contributed by atoms with Crippen molar-refractivity contribution in [1.82, 2.24) is 4.98 Å². The molecule has 4 nitrogen and oxygen atoms in total. The number of carbonyl (C=O) groups excluding carboxylic acids is 1. The number of aromatic nitrogens is 1. The maximum Gasteiger partial charge on any atom is 0.311 e. The number of hydrogen-bond acceptors (Lipinski definition) is 4. The number of carbonyl (C=O) groups is 1. The van der Waals surface area contributed by atoms with Gasteiger partial charge in [-0.15, -0.1) is 0 Å². The fraction of sp³-hybridized carbons (Fsp3) is 0.200. The first kappa shape index (κ1) is 17.2. The van der Waals surface area contributed by atoms with Crippen LogP contribution in [0.3, 0.4) is 0 Å². The Bertz CT molecular complexity index is 901. The summed E-state index contributed by atoms with van der Waals surface area (Å²) in [5, 5.41) is 0.597. The van der Waals surface area contributed by atoms with E-state index in [1.165, 1.54) is 0 Å². The van der Waals surface area contributed by atoms with Crippen LogP contribution < -0.4 is 4.74 Å². The van der Waals surface area contributed by atoms with Gasteiger partial charge in [0.25, 0.3) is 0 Å². The average Bonchev–Trinajstić information content (AvgIpc) is 3.05. The molecule has 0 aliphatic rings. The van der Waals surface area contributed by atoms with Gasteiger partial charge < -0.3 is 9.15 Å². The molecule has 0 aliphatic carbocycles. The lowest BCUT2D eigenvalue weighted by Crippen LogP contribution is -2.10. The van der Waals surface area contributed by atoms with Crippen molar-refractivity contribution in [3.8, 4) is 17.1 Å². The highest BCUT2D eigenvalue weighted by Crippen LogP contribution is 2.28. The second kappa shape index (κ2) is 7.53. The molecular weight excluding hydrogens is 338 g/mol. The lowest BCUT2D eigenvalue weighted by atomic mass is 10.1. The molecule has 3 aromatic rings. The van der Waals surface area contributed by atoms with Crippen molar-refractivity contribution in [3.05, 3.63) is 70.7 Å². The molecule has 3 rings (SSSR count). The van der Waals surface area contributed by atoms with Gasteiger partial charge in [-0.05, 0) is 37.6 Å². The summed E-state index contributed by atoms with van der Waals surface area (Å²) in [6, 6.07) is 13.1. The Morgan fingerprint density at radius 3 is 2.76 bits per heavy atom. The smallest absolute Gasteiger partial charge is 0.311 e. The van der Waals surface area contributed by atoms with Crippen LogP contribution in [0.1, 0.15) is 23.4 Å². The number of ether oxygens (including phenoxy) is 1. The third-order valence-electron chi connectivity index (χ3n) is 3.79. The molecule has 1 aromatic heterocycles. The highest BCUT2D eigenvalue weighted by Gasteiger charge is 2.12. The predicted octanol–water partition coefficient (Wildman–Crippen LogP) is 5.15. The van der Waals surface area contributed by atoms with Crippen molar-refractivity contribution in [2.75, 3.05) is 0 Å². The van der Waals surface area contributed by atoms with Gasteiger partial charge in [0.2, 0.25) is 0 Å². The first-order valence-electron chi connectivity index (χ1n) is 8.00. The largest absolute Gasteiger partial charge is 0.441 e. The third kappa shape index (κ3) is 4.28. The number of nitrogens with zero attached hydrogens (tertiary/aromatic N) is 1. The Hall–Kier alpha value is -2.59. The molecule has 25 heavy (non-hydrogen) atoms. The Morgan fingerprint density at radius 2 is 2.00 bits per heavy atom. The number of aryl methyl sites for hydroxylation is 3. The summed E-state index contributed by atoms with van der Waals surface area (Å²) in [5.41, 5.74) is 2.84. The number of halogens is 1. The first-order valence-corrected chi connectivity index (χ1v) is 8.38. The van der Waals surface area contributed by atoms with Crippen LogP contribution in [0, 0.1) is 13.8 Å². The Balaban J connectivity index is 1.60. The van der Waals surface area contributed by atoms with Crippen molar-refractivity contribution >= 4 is 17.6 Å². The van der Waals surface area contributed by atoms with E-state index in [2.05, 4.69) is 4.98 Å². The SMILES string of the molecule is Cc1ccc(OC(=O)CCc2ncc(-c3ccccc3Cl)o2)c(C)c1. The molecule has 0 saturated carbocycles. The molecule has 0 saturated heterocycles. The Kier molecular flexibility index (Phi) is 5.19. The van der Waals surface area contributed by atoms with Crippen LogP contribution in [0.15, 0.2) is 53.1 Å². The number of hydrogen-bond donors (Lipinski definition) is 0. The van der Waals surface area contributed by atoms with Crippen LogP contribution in [-0.2, 0) is 11.2 Å². The Labute approximate surface area is 151 Å². The van der Waals surface area contributed by atoms with E-state index in [0.29, 0.717) is 28.8 Å². The standard InChI is InChI=1S/C20H18ClNO3/c1-13-7-8-17(14(2)11-13)25-20(23)10-9-19-22-12-18(24-19)15-5-3-4-6-16(15)21/h3-8,11-12H,9-10H2,1-2H3. The minimum atomic E-state index is -0.315. The summed E-state index contributed by atoms with van der Waals surface area (Å²) in [5.74, 6) is 1.33. The highest BCUT2D eigenvalue weighted by molar-refractivity contribution is 6.33. The summed E-state index contributed by atoms with van der Waals surface area (Å²) in [7, 11) is 0. The van der Waals surface area contributed by atoms with E-state index in [0.717, 1.165) is 16.7 Å². The van der Waals surface area contributed by atoms with E-state index in [1.807, 2.05) is 50.2 Å².